The van der Waals surface area contributed by atoms with Crippen LogP contribution < -0.4 is 15.2 Å². The van der Waals surface area contributed by atoms with Crippen molar-refractivity contribution in [3.63, 3.8) is 0 Å². The van der Waals surface area contributed by atoms with Crippen molar-refractivity contribution in [1.29, 1.82) is 0 Å². The molecule has 2 aliphatic heterocycles. The van der Waals surface area contributed by atoms with E-state index in [1.54, 1.807) is 18.2 Å². The lowest BCUT2D eigenvalue weighted by Crippen LogP contribution is -2.27. The highest BCUT2D eigenvalue weighted by Gasteiger charge is 2.46. The predicted molar refractivity (Wildman–Crippen MR) is 114 cm³/mol. The number of ether oxygens (including phenoxy) is 2. The zero-order valence-corrected chi connectivity index (χ0v) is 17.4. The number of halogens is 3. The first-order valence-electron chi connectivity index (χ1n) is 10.4. The Morgan fingerprint density at radius 1 is 1.15 bits per heavy atom. The Bertz CT molecular complexity index is 1520. The fourth-order valence-electron chi connectivity index (χ4n) is 5.14. The molecule has 4 aromatic rings. The number of hydrogen-bond acceptors (Lipinski definition) is 4. The van der Waals surface area contributed by atoms with E-state index in [2.05, 4.69) is 4.98 Å². The van der Waals surface area contributed by atoms with Crippen LogP contribution in [-0.4, -0.2) is 28.5 Å². The molecule has 0 aliphatic carbocycles. The van der Waals surface area contributed by atoms with Gasteiger partial charge in [0.1, 0.15) is 5.69 Å². The Balaban J connectivity index is 1.73. The minimum Gasteiger partial charge on any atom is -0.454 e. The van der Waals surface area contributed by atoms with Crippen LogP contribution in [0.2, 0.25) is 0 Å². The highest BCUT2D eigenvalue weighted by atomic mass is 19.4. The van der Waals surface area contributed by atoms with Crippen molar-refractivity contribution in [3.05, 3.63) is 81.8 Å². The number of hydrogen-bond donors (Lipinski definition) is 2. The van der Waals surface area contributed by atoms with E-state index in [1.165, 1.54) is 0 Å². The smallest absolute Gasteiger partial charge is 0.432 e. The van der Waals surface area contributed by atoms with Gasteiger partial charge in [-0.1, -0.05) is 24.3 Å². The van der Waals surface area contributed by atoms with Crippen LogP contribution in [-0.2, 0) is 12.6 Å². The highest BCUT2D eigenvalue weighted by Crippen LogP contribution is 2.48. The number of benzene rings is 2. The maximum absolute atomic E-state index is 14.4. The summed E-state index contributed by atoms with van der Waals surface area (Å²) in [6.45, 7) is 0.00474. The molecule has 1 amide bonds. The number of nitrogens with one attached hydrogen (secondary N) is 1. The maximum Gasteiger partial charge on any atom is 0.432 e. The zero-order valence-electron chi connectivity index (χ0n) is 17.4. The van der Waals surface area contributed by atoms with Gasteiger partial charge >= 0.3 is 6.18 Å². The van der Waals surface area contributed by atoms with Gasteiger partial charge in [0.25, 0.3) is 5.91 Å². The van der Waals surface area contributed by atoms with Crippen molar-refractivity contribution < 1.29 is 32.2 Å². The van der Waals surface area contributed by atoms with Crippen LogP contribution in [0.1, 0.15) is 55.0 Å². The molecular formula is C24H16F3N3O4. The molecule has 0 saturated heterocycles. The molecule has 0 unspecified atom stereocenters. The summed E-state index contributed by atoms with van der Waals surface area (Å²) in [7, 11) is 0. The van der Waals surface area contributed by atoms with E-state index < -0.39 is 34.9 Å². The van der Waals surface area contributed by atoms with E-state index in [9.17, 15) is 22.8 Å². The second-order valence-electron chi connectivity index (χ2n) is 8.19. The number of rotatable bonds is 3. The Morgan fingerprint density at radius 3 is 2.65 bits per heavy atom. The van der Waals surface area contributed by atoms with Gasteiger partial charge in [0.2, 0.25) is 6.79 Å². The molecule has 10 heteroatoms. The van der Waals surface area contributed by atoms with E-state index in [-0.39, 0.29) is 25.2 Å². The molecule has 34 heavy (non-hydrogen) atoms. The summed E-state index contributed by atoms with van der Waals surface area (Å²) in [5.74, 6) is -0.213. The SMILES string of the molecule is NC(=O)c1c(C=O)c(C(F)(F)F)n2c1Cc1c([nH]c3ccccc13)[C@H]2c1ccc2c(c1)OCO2. The molecule has 4 heterocycles. The van der Waals surface area contributed by atoms with Gasteiger partial charge in [0.05, 0.1) is 17.2 Å². The lowest BCUT2D eigenvalue weighted by Gasteiger charge is -2.30. The summed E-state index contributed by atoms with van der Waals surface area (Å²) in [6.07, 6.45) is -4.87. The first-order chi connectivity index (χ1) is 16.3. The summed E-state index contributed by atoms with van der Waals surface area (Å²) in [6, 6.07) is 11.2. The molecular weight excluding hydrogens is 451 g/mol. The summed E-state index contributed by atoms with van der Waals surface area (Å²) < 4.78 is 55.0. The lowest BCUT2D eigenvalue weighted by atomic mass is 9.91. The topological polar surface area (TPSA) is 99.3 Å². The van der Waals surface area contributed by atoms with Crippen molar-refractivity contribution in [2.75, 3.05) is 6.79 Å². The molecule has 2 aromatic heterocycles. The van der Waals surface area contributed by atoms with Crippen LogP contribution in [0.5, 0.6) is 11.5 Å². The number of aromatic nitrogens is 2. The summed E-state index contributed by atoms with van der Waals surface area (Å²) in [5.41, 5.74) is 5.65. The average Bonchev–Trinajstić information content (AvgIpc) is 3.49. The van der Waals surface area contributed by atoms with E-state index >= 15 is 0 Å². The minimum atomic E-state index is -4.92. The lowest BCUT2D eigenvalue weighted by molar-refractivity contribution is -0.144. The molecule has 0 radical (unpaired) electrons. The third-order valence-electron chi connectivity index (χ3n) is 6.41. The number of nitrogens with zero attached hydrogens (tertiary/aromatic N) is 1. The summed E-state index contributed by atoms with van der Waals surface area (Å²) in [4.78, 5) is 27.5. The molecule has 0 saturated carbocycles. The molecule has 2 aromatic carbocycles. The van der Waals surface area contributed by atoms with E-state index in [0.717, 1.165) is 21.0 Å². The summed E-state index contributed by atoms with van der Waals surface area (Å²) in [5, 5.41) is 0.812. The number of nitrogens with two attached hydrogens (primary N) is 1. The third-order valence-corrected chi connectivity index (χ3v) is 6.41. The number of para-hydroxylation sites is 1. The van der Waals surface area contributed by atoms with Gasteiger partial charge in [-0.2, -0.15) is 13.2 Å². The number of alkyl halides is 3. The molecule has 3 N–H and O–H groups in total. The van der Waals surface area contributed by atoms with Gasteiger partial charge in [0, 0.05) is 28.7 Å². The van der Waals surface area contributed by atoms with Crippen molar-refractivity contribution in [2.45, 2.75) is 18.6 Å². The van der Waals surface area contributed by atoms with Crippen molar-refractivity contribution in [2.24, 2.45) is 5.73 Å². The number of primary amides is 1. The molecule has 1 atom stereocenters. The standard InChI is InChI=1S/C24H16F3N3O4/c25-24(26,27)22-14(9-31)19(23(28)32)16-8-13-12-3-1-2-4-15(12)29-20(13)21(30(16)22)11-5-6-17-18(7-11)34-10-33-17/h1-7,9,21,29H,8,10H2,(H2,28,32)/t21-/m1/s1. The van der Waals surface area contributed by atoms with Gasteiger partial charge in [-0.25, -0.2) is 0 Å². The van der Waals surface area contributed by atoms with Crippen molar-refractivity contribution in [3.8, 4) is 11.5 Å². The number of carbonyl (C=O) groups excluding carboxylic acids is 2. The van der Waals surface area contributed by atoms with Crippen LogP contribution >= 0.6 is 0 Å². The Kier molecular flexibility index (Phi) is 4.14. The first kappa shape index (κ1) is 20.4. The molecule has 172 valence electrons. The highest BCUT2D eigenvalue weighted by molar-refractivity contribution is 6.03. The van der Waals surface area contributed by atoms with Gasteiger partial charge in [-0.05, 0) is 29.3 Å². The predicted octanol–water partition coefficient (Wildman–Crippen LogP) is 4.17. The molecule has 2 aliphatic rings. The van der Waals surface area contributed by atoms with E-state index in [0.29, 0.717) is 22.8 Å². The molecule has 6 rings (SSSR count). The molecule has 0 fully saturated rings. The Labute approximate surface area is 189 Å². The number of fused-ring (bicyclic) bond motifs is 5. The maximum atomic E-state index is 14.4. The van der Waals surface area contributed by atoms with E-state index in [1.807, 2.05) is 24.3 Å². The Morgan fingerprint density at radius 2 is 1.91 bits per heavy atom. The van der Waals surface area contributed by atoms with E-state index in [4.69, 9.17) is 15.2 Å². The first-order valence-corrected chi connectivity index (χ1v) is 10.4. The number of aromatic amines is 1. The van der Waals surface area contributed by atoms with Crippen LogP contribution in [0, 0.1) is 0 Å². The van der Waals surface area contributed by atoms with Gasteiger partial charge in [-0.15, -0.1) is 0 Å². The number of H-pyrrole nitrogens is 1. The fraction of sp³-hybridized carbons (Fsp3) is 0.167. The molecule has 7 nitrogen and oxygen atoms in total. The molecule has 0 bridgehead atoms. The van der Waals surface area contributed by atoms with Crippen LogP contribution in [0.25, 0.3) is 10.9 Å². The number of amides is 1. The molecule has 0 spiro atoms. The van der Waals surface area contributed by atoms with Crippen molar-refractivity contribution in [1.82, 2.24) is 9.55 Å². The normalized spacial score (nSPS) is 16.4. The van der Waals surface area contributed by atoms with Gasteiger partial charge in [0.15, 0.2) is 17.8 Å². The van der Waals surface area contributed by atoms with Crippen LogP contribution in [0.15, 0.2) is 42.5 Å². The zero-order chi connectivity index (χ0) is 23.8. The Hall–Kier alpha value is -4.21. The van der Waals surface area contributed by atoms with Crippen LogP contribution in [0.4, 0.5) is 13.2 Å². The second-order valence-corrected chi connectivity index (χ2v) is 8.19. The quantitative estimate of drug-likeness (QED) is 0.389. The number of carbonyl (C=O) groups is 2. The largest absolute Gasteiger partial charge is 0.454 e. The fourth-order valence-corrected chi connectivity index (χ4v) is 5.14. The van der Waals surface area contributed by atoms with Crippen molar-refractivity contribution >= 4 is 23.1 Å². The monoisotopic (exact) mass is 467 g/mol. The van der Waals surface area contributed by atoms with Crippen LogP contribution in [0.3, 0.4) is 0 Å². The van der Waals surface area contributed by atoms with Gasteiger partial charge in [-0.3, -0.25) is 9.59 Å². The third kappa shape index (κ3) is 2.71. The van der Waals surface area contributed by atoms with Gasteiger partial charge < -0.3 is 24.8 Å². The average molecular weight is 467 g/mol. The minimum absolute atomic E-state index is 0.00437. The second kappa shape index (κ2) is 6.89. The number of aldehydes is 1. The summed E-state index contributed by atoms with van der Waals surface area (Å²) >= 11 is 0.